The van der Waals surface area contributed by atoms with Crippen molar-refractivity contribution in [2.75, 3.05) is 18.4 Å². The van der Waals surface area contributed by atoms with Crippen molar-refractivity contribution in [3.63, 3.8) is 0 Å². The van der Waals surface area contributed by atoms with E-state index in [4.69, 9.17) is 0 Å². The van der Waals surface area contributed by atoms with E-state index in [0.29, 0.717) is 13.0 Å². The van der Waals surface area contributed by atoms with Crippen LogP contribution in [-0.4, -0.2) is 23.9 Å². The van der Waals surface area contributed by atoms with Gasteiger partial charge in [0.05, 0.1) is 6.04 Å². The fraction of sp³-hybridized carbons (Fsp3) is 0.350. The van der Waals surface area contributed by atoms with Crippen molar-refractivity contribution in [2.45, 2.75) is 32.2 Å². The number of rotatable bonds is 5. The molecule has 1 atom stereocenters. The number of aryl methyl sites for hydroxylation is 1. The van der Waals surface area contributed by atoms with Gasteiger partial charge in [-0.3, -0.25) is 4.79 Å². The van der Waals surface area contributed by atoms with E-state index in [2.05, 4.69) is 60.8 Å². The SMILES string of the molecule is Cc1ccc(NCCC(=O)N2CCC[C@H]2c2ccccc2)cc1. The molecular formula is C20H24N2O. The number of hydrogen-bond donors (Lipinski definition) is 1. The molecule has 3 rings (SSSR count). The Kier molecular flexibility index (Phi) is 4.96. The zero-order chi connectivity index (χ0) is 16.1. The second-order valence-electron chi connectivity index (χ2n) is 6.20. The third kappa shape index (κ3) is 3.92. The monoisotopic (exact) mass is 308 g/mol. The molecule has 1 heterocycles. The van der Waals surface area contributed by atoms with Crippen molar-refractivity contribution in [1.82, 2.24) is 4.90 Å². The topological polar surface area (TPSA) is 32.3 Å². The molecule has 1 saturated heterocycles. The van der Waals surface area contributed by atoms with E-state index >= 15 is 0 Å². The summed E-state index contributed by atoms with van der Waals surface area (Å²) in [4.78, 5) is 14.6. The maximum atomic E-state index is 12.6. The van der Waals surface area contributed by atoms with Crippen LogP contribution < -0.4 is 5.32 Å². The van der Waals surface area contributed by atoms with Crippen LogP contribution in [0.4, 0.5) is 5.69 Å². The highest BCUT2D eigenvalue weighted by molar-refractivity contribution is 5.77. The summed E-state index contributed by atoms with van der Waals surface area (Å²) in [6.45, 7) is 3.63. The predicted octanol–water partition coefficient (Wildman–Crippen LogP) is 4.16. The molecule has 0 aromatic heterocycles. The lowest BCUT2D eigenvalue weighted by molar-refractivity contribution is -0.131. The molecule has 23 heavy (non-hydrogen) atoms. The number of anilines is 1. The lowest BCUT2D eigenvalue weighted by atomic mass is 10.0. The molecule has 120 valence electrons. The number of nitrogens with zero attached hydrogens (tertiary/aromatic N) is 1. The number of carbonyl (C=O) groups excluding carboxylic acids is 1. The summed E-state index contributed by atoms with van der Waals surface area (Å²) in [7, 11) is 0. The summed E-state index contributed by atoms with van der Waals surface area (Å²) in [6, 6.07) is 18.9. The first-order valence-electron chi connectivity index (χ1n) is 8.39. The Bertz CT molecular complexity index is 636. The highest BCUT2D eigenvalue weighted by Gasteiger charge is 2.29. The van der Waals surface area contributed by atoms with Crippen LogP contribution in [0.1, 0.15) is 36.4 Å². The Hall–Kier alpha value is -2.29. The molecule has 1 aliphatic rings. The van der Waals surface area contributed by atoms with Gasteiger partial charge in [0.2, 0.25) is 5.91 Å². The van der Waals surface area contributed by atoms with Crippen LogP contribution in [0, 0.1) is 6.92 Å². The molecule has 1 aliphatic heterocycles. The highest BCUT2D eigenvalue weighted by atomic mass is 16.2. The zero-order valence-electron chi connectivity index (χ0n) is 13.7. The van der Waals surface area contributed by atoms with Crippen LogP contribution in [0.25, 0.3) is 0 Å². The quantitative estimate of drug-likeness (QED) is 0.899. The van der Waals surface area contributed by atoms with Gasteiger partial charge in [0.25, 0.3) is 0 Å². The van der Waals surface area contributed by atoms with Crippen LogP contribution in [0.3, 0.4) is 0 Å². The number of benzene rings is 2. The average molecular weight is 308 g/mol. The van der Waals surface area contributed by atoms with Crippen LogP contribution in [-0.2, 0) is 4.79 Å². The van der Waals surface area contributed by atoms with Gasteiger partial charge in [-0.05, 0) is 37.5 Å². The Balaban J connectivity index is 1.54. The molecule has 0 spiro atoms. The summed E-state index contributed by atoms with van der Waals surface area (Å²) in [5, 5.41) is 3.33. The second-order valence-corrected chi connectivity index (χ2v) is 6.20. The van der Waals surface area contributed by atoms with Gasteiger partial charge in [0.1, 0.15) is 0 Å². The van der Waals surface area contributed by atoms with Gasteiger partial charge in [-0.2, -0.15) is 0 Å². The molecule has 2 aromatic carbocycles. The largest absolute Gasteiger partial charge is 0.385 e. The smallest absolute Gasteiger partial charge is 0.224 e. The summed E-state index contributed by atoms with van der Waals surface area (Å²) in [5.74, 6) is 0.246. The minimum atomic E-state index is 0.246. The van der Waals surface area contributed by atoms with Crippen molar-refractivity contribution >= 4 is 11.6 Å². The lowest BCUT2D eigenvalue weighted by Gasteiger charge is -2.25. The van der Waals surface area contributed by atoms with E-state index in [1.165, 1.54) is 11.1 Å². The highest BCUT2D eigenvalue weighted by Crippen LogP contribution is 2.32. The van der Waals surface area contributed by atoms with Crippen LogP contribution in [0.5, 0.6) is 0 Å². The second kappa shape index (κ2) is 7.32. The van der Waals surface area contributed by atoms with Gasteiger partial charge in [0.15, 0.2) is 0 Å². The Morgan fingerprint density at radius 2 is 1.87 bits per heavy atom. The molecule has 1 amide bonds. The molecule has 0 bridgehead atoms. The third-order valence-corrected chi connectivity index (χ3v) is 4.48. The van der Waals surface area contributed by atoms with Gasteiger partial charge in [-0.25, -0.2) is 0 Å². The first-order valence-corrected chi connectivity index (χ1v) is 8.39. The van der Waals surface area contributed by atoms with Crippen molar-refractivity contribution in [1.29, 1.82) is 0 Å². The van der Waals surface area contributed by atoms with Gasteiger partial charge in [-0.1, -0.05) is 48.0 Å². The van der Waals surface area contributed by atoms with Crippen LogP contribution in [0.2, 0.25) is 0 Å². The normalized spacial score (nSPS) is 17.3. The van der Waals surface area contributed by atoms with Gasteiger partial charge < -0.3 is 10.2 Å². The van der Waals surface area contributed by atoms with E-state index in [1.807, 2.05) is 11.0 Å². The number of amides is 1. The Morgan fingerprint density at radius 1 is 1.13 bits per heavy atom. The standard InChI is InChI=1S/C20H24N2O/c1-16-9-11-18(12-10-16)21-14-13-20(23)22-15-5-8-19(22)17-6-3-2-4-7-17/h2-4,6-7,9-12,19,21H,5,8,13-15H2,1H3/t19-/m0/s1. The van der Waals surface area contributed by atoms with Gasteiger partial charge in [0, 0.05) is 25.2 Å². The predicted molar refractivity (Wildman–Crippen MR) is 94.4 cm³/mol. The Labute approximate surface area is 138 Å². The van der Waals surface area contributed by atoms with Gasteiger partial charge >= 0.3 is 0 Å². The van der Waals surface area contributed by atoms with Crippen LogP contribution >= 0.6 is 0 Å². The van der Waals surface area contributed by atoms with Crippen LogP contribution in [0.15, 0.2) is 54.6 Å². The summed E-state index contributed by atoms with van der Waals surface area (Å²) >= 11 is 0. The van der Waals surface area contributed by atoms with Crippen molar-refractivity contribution < 1.29 is 4.79 Å². The molecule has 0 unspecified atom stereocenters. The number of likely N-dealkylation sites (tertiary alicyclic amines) is 1. The molecule has 3 heteroatoms. The fourth-order valence-corrected chi connectivity index (χ4v) is 3.22. The van der Waals surface area contributed by atoms with E-state index in [1.54, 1.807) is 0 Å². The summed E-state index contributed by atoms with van der Waals surface area (Å²) in [5.41, 5.74) is 3.57. The van der Waals surface area contributed by atoms with E-state index in [-0.39, 0.29) is 11.9 Å². The molecular weight excluding hydrogens is 284 g/mol. The molecule has 0 radical (unpaired) electrons. The van der Waals surface area contributed by atoms with Gasteiger partial charge in [-0.15, -0.1) is 0 Å². The molecule has 0 aliphatic carbocycles. The molecule has 1 N–H and O–H groups in total. The van der Waals surface area contributed by atoms with E-state index in [9.17, 15) is 4.79 Å². The summed E-state index contributed by atoms with van der Waals surface area (Å²) < 4.78 is 0. The lowest BCUT2D eigenvalue weighted by Crippen LogP contribution is -2.31. The molecule has 2 aromatic rings. The fourth-order valence-electron chi connectivity index (χ4n) is 3.22. The van der Waals surface area contributed by atoms with E-state index in [0.717, 1.165) is 25.1 Å². The number of carbonyl (C=O) groups is 1. The molecule has 3 nitrogen and oxygen atoms in total. The first-order chi connectivity index (χ1) is 11.2. The zero-order valence-corrected chi connectivity index (χ0v) is 13.7. The van der Waals surface area contributed by atoms with Crippen molar-refractivity contribution in [2.24, 2.45) is 0 Å². The number of nitrogens with one attached hydrogen (secondary N) is 1. The summed E-state index contributed by atoms with van der Waals surface area (Å²) in [6.07, 6.45) is 2.70. The third-order valence-electron chi connectivity index (χ3n) is 4.48. The van der Waals surface area contributed by atoms with Crippen molar-refractivity contribution in [3.05, 3.63) is 65.7 Å². The van der Waals surface area contributed by atoms with Crippen molar-refractivity contribution in [3.8, 4) is 0 Å². The molecule has 0 saturated carbocycles. The minimum Gasteiger partial charge on any atom is -0.385 e. The molecule has 1 fully saturated rings. The maximum absolute atomic E-state index is 12.6. The average Bonchev–Trinajstić information content (AvgIpc) is 3.07. The Morgan fingerprint density at radius 3 is 2.61 bits per heavy atom. The number of hydrogen-bond acceptors (Lipinski definition) is 2. The minimum absolute atomic E-state index is 0.246. The maximum Gasteiger partial charge on any atom is 0.224 e. The van der Waals surface area contributed by atoms with E-state index < -0.39 is 0 Å². The first kappa shape index (κ1) is 15.6.